The average molecular weight is 193 g/mol. The predicted molar refractivity (Wildman–Crippen MR) is 54.5 cm³/mol. The topological polar surface area (TPSA) is 68.0 Å². The number of nitrogens with zero attached hydrogens (tertiary/aromatic N) is 1. The van der Waals surface area contributed by atoms with E-state index in [0.717, 1.165) is 11.3 Å². The van der Waals surface area contributed by atoms with Crippen LogP contribution in [0.3, 0.4) is 0 Å². The van der Waals surface area contributed by atoms with Crippen molar-refractivity contribution in [3.8, 4) is 0 Å². The number of nitrogens with two attached hydrogens (primary N) is 1. The molecule has 0 saturated heterocycles. The highest BCUT2D eigenvalue weighted by molar-refractivity contribution is 5.80. The highest BCUT2D eigenvalue weighted by Crippen LogP contribution is 1.99. The summed E-state index contributed by atoms with van der Waals surface area (Å²) in [6, 6.07) is 3.37. The van der Waals surface area contributed by atoms with Crippen LogP contribution in [0.5, 0.6) is 0 Å². The minimum atomic E-state index is -0.472. The lowest BCUT2D eigenvalue weighted by Crippen LogP contribution is -2.37. The van der Waals surface area contributed by atoms with Crippen molar-refractivity contribution < 1.29 is 4.79 Å². The number of pyridine rings is 1. The van der Waals surface area contributed by atoms with Gasteiger partial charge in [0.2, 0.25) is 5.91 Å². The lowest BCUT2D eigenvalue weighted by Gasteiger charge is -2.07. The first kappa shape index (κ1) is 10.7. The molecule has 0 spiro atoms. The summed E-state index contributed by atoms with van der Waals surface area (Å²) in [5.41, 5.74) is 7.37. The summed E-state index contributed by atoms with van der Waals surface area (Å²) in [5, 5.41) is 2.70. The van der Waals surface area contributed by atoms with Crippen LogP contribution in [0.15, 0.2) is 18.3 Å². The Hall–Kier alpha value is -1.42. The van der Waals surface area contributed by atoms with Gasteiger partial charge in [-0.2, -0.15) is 0 Å². The zero-order valence-corrected chi connectivity index (χ0v) is 8.45. The van der Waals surface area contributed by atoms with Crippen molar-refractivity contribution in [2.24, 2.45) is 5.73 Å². The molecule has 0 bridgehead atoms. The van der Waals surface area contributed by atoms with Crippen LogP contribution in [0.25, 0.3) is 0 Å². The van der Waals surface area contributed by atoms with Gasteiger partial charge >= 0.3 is 0 Å². The van der Waals surface area contributed by atoms with Crippen LogP contribution in [0.2, 0.25) is 0 Å². The van der Waals surface area contributed by atoms with Crippen LogP contribution in [0, 0.1) is 6.92 Å². The second-order valence-corrected chi connectivity index (χ2v) is 3.33. The molecular weight excluding hydrogens is 178 g/mol. The number of aryl methyl sites for hydroxylation is 1. The van der Waals surface area contributed by atoms with Crippen molar-refractivity contribution >= 4 is 5.91 Å². The van der Waals surface area contributed by atoms with Crippen LogP contribution >= 0.6 is 0 Å². The second kappa shape index (κ2) is 4.72. The van der Waals surface area contributed by atoms with Gasteiger partial charge in [0.05, 0.1) is 18.3 Å². The van der Waals surface area contributed by atoms with E-state index in [1.165, 1.54) is 0 Å². The molecule has 1 rings (SSSR count). The van der Waals surface area contributed by atoms with Crippen molar-refractivity contribution in [2.75, 3.05) is 0 Å². The van der Waals surface area contributed by atoms with Crippen molar-refractivity contribution in [3.05, 3.63) is 29.6 Å². The number of aromatic nitrogens is 1. The van der Waals surface area contributed by atoms with Crippen LogP contribution in [-0.4, -0.2) is 16.9 Å². The summed E-state index contributed by atoms with van der Waals surface area (Å²) in [6.07, 6.45) is 1.72. The van der Waals surface area contributed by atoms with E-state index in [9.17, 15) is 4.79 Å². The maximum atomic E-state index is 11.1. The molecule has 4 nitrogen and oxygen atoms in total. The van der Waals surface area contributed by atoms with E-state index in [-0.39, 0.29) is 5.91 Å². The van der Waals surface area contributed by atoms with E-state index in [0.29, 0.717) is 6.54 Å². The smallest absolute Gasteiger partial charge is 0.236 e. The minimum absolute atomic E-state index is 0.159. The number of hydrogen-bond acceptors (Lipinski definition) is 3. The Morgan fingerprint density at radius 1 is 1.71 bits per heavy atom. The molecule has 0 aromatic carbocycles. The monoisotopic (exact) mass is 193 g/mol. The Morgan fingerprint density at radius 3 is 3.00 bits per heavy atom. The molecule has 0 radical (unpaired) electrons. The Kier molecular flexibility index (Phi) is 3.59. The fourth-order valence-electron chi connectivity index (χ4n) is 1.03. The maximum Gasteiger partial charge on any atom is 0.236 e. The molecule has 76 valence electrons. The lowest BCUT2D eigenvalue weighted by atomic mass is 10.2. The van der Waals surface area contributed by atoms with Crippen LogP contribution < -0.4 is 11.1 Å². The van der Waals surface area contributed by atoms with Gasteiger partial charge in [0.1, 0.15) is 0 Å². The zero-order valence-electron chi connectivity index (χ0n) is 8.45. The Morgan fingerprint density at radius 2 is 2.43 bits per heavy atom. The molecule has 1 atom stereocenters. The van der Waals surface area contributed by atoms with Crippen LogP contribution in [-0.2, 0) is 11.3 Å². The quantitative estimate of drug-likeness (QED) is 0.728. The summed E-state index contributed by atoms with van der Waals surface area (Å²) in [5.74, 6) is -0.159. The molecule has 0 aliphatic rings. The van der Waals surface area contributed by atoms with Gasteiger partial charge in [-0.3, -0.25) is 9.78 Å². The number of amides is 1. The molecule has 1 aromatic rings. The van der Waals surface area contributed by atoms with Gasteiger partial charge in [-0.05, 0) is 31.5 Å². The van der Waals surface area contributed by atoms with Crippen molar-refractivity contribution in [1.82, 2.24) is 10.3 Å². The van der Waals surface area contributed by atoms with Gasteiger partial charge in [-0.1, -0.05) is 0 Å². The molecule has 0 aliphatic heterocycles. The van der Waals surface area contributed by atoms with E-state index >= 15 is 0 Å². The Bertz CT molecular complexity index is 323. The van der Waals surface area contributed by atoms with Crippen molar-refractivity contribution in [1.29, 1.82) is 0 Å². The van der Waals surface area contributed by atoms with Gasteiger partial charge in [0, 0.05) is 6.20 Å². The average Bonchev–Trinajstić information content (AvgIpc) is 2.14. The first-order valence-electron chi connectivity index (χ1n) is 4.54. The molecule has 0 aliphatic carbocycles. The van der Waals surface area contributed by atoms with Gasteiger partial charge < -0.3 is 11.1 Å². The number of carbonyl (C=O) groups excluding carboxylic acids is 1. The number of nitrogens with one attached hydrogen (secondary N) is 1. The number of carbonyl (C=O) groups is 1. The third-order valence-electron chi connectivity index (χ3n) is 1.83. The molecule has 1 heterocycles. The molecule has 14 heavy (non-hydrogen) atoms. The largest absolute Gasteiger partial charge is 0.349 e. The van der Waals surface area contributed by atoms with Gasteiger partial charge in [-0.25, -0.2) is 0 Å². The SMILES string of the molecule is Cc1ccnc(CNC(=O)C(C)N)c1. The summed E-state index contributed by atoms with van der Waals surface area (Å²) in [7, 11) is 0. The normalized spacial score (nSPS) is 12.2. The molecular formula is C10H15N3O. The summed E-state index contributed by atoms with van der Waals surface area (Å²) >= 11 is 0. The van der Waals surface area contributed by atoms with E-state index in [1.54, 1.807) is 13.1 Å². The van der Waals surface area contributed by atoms with Crippen LogP contribution in [0.4, 0.5) is 0 Å². The Balaban J connectivity index is 2.50. The van der Waals surface area contributed by atoms with E-state index in [2.05, 4.69) is 10.3 Å². The van der Waals surface area contributed by atoms with Gasteiger partial charge in [-0.15, -0.1) is 0 Å². The first-order chi connectivity index (χ1) is 6.59. The summed E-state index contributed by atoms with van der Waals surface area (Å²) in [6.45, 7) is 4.07. The fraction of sp³-hybridized carbons (Fsp3) is 0.400. The molecule has 3 N–H and O–H groups in total. The molecule has 0 fully saturated rings. The van der Waals surface area contributed by atoms with Gasteiger partial charge in [0.15, 0.2) is 0 Å². The molecule has 1 aromatic heterocycles. The molecule has 4 heteroatoms. The van der Waals surface area contributed by atoms with E-state index in [1.807, 2.05) is 19.1 Å². The lowest BCUT2D eigenvalue weighted by molar-refractivity contribution is -0.122. The molecule has 1 amide bonds. The molecule has 0 saturated carbocycles. The highest BCUT2D eigenvalue weighted by Gasteiger charge is 2.06. The third-order valence-corrected chi connectivity index (χ3v) is 1.83. The van der Waals surface area contributed by atoms with Crippen LogP contribution in [0.1, 0.15) is 18.2 Å². The van der Waals surface area contributed by atoms with E-state index in [4.69, 9.17) is 5.73 Å². The maximum absolute atomic E-state index is 11.1. The number of hydrogen-bond donors (Lipinski definition) is 2. The van der Waals surface area contributed by atoms with Crippen molar-refractivity contribution in [2.45, 2.75) is 26.4 Å². The molecule has 1 unspecified atom stereocenters. The predicted octanol–water partition coefficient (Wildman–Crippen LogP) is 0.353. The first-order valence-corrected chi connectivity index (χ1v) is 4.54. The highest BCUT2D eigenvalue weighted by atomic mass is 16.2. The van der Waals surface area contributed by atoms with Gasteiger partial charge in [0.25, 0.3) is 0 Å². The second-order valence-electron chi connectivity index (χ2n) is 3.33. The summed E-state index contributed by atoms with van der Waals surface area (Å²) in [4.78, 5) is 15.3. The fourth-order valence-corrected chi connectivity index (χ4v) is 1.03. The Labute approximate surface area is 83.5 Å². The van der Waals surface area contributed by atoms with E-state index < -0.39 is 6.04 Å². The zero-order chi connectivity index (χ0) is 10.6. The minimum Gasteiger partial charge on any atom is -0.349 e. The third kappa shape index (κ3) is 3.14. The standard InChI is InChI=1S/C10H15N3O/c1-7-3-4-12-9(5-7)6-13-10(14)8(2)11/h3-5,8H,6,11H2,1-2H3,(H,13,14). The number of rotatable bonds is 3. The summed E-state index contributed by atoms with van der Waals surface area (Å²) < 4.78 is 0. The van der Waals surface area contributed by atoms with Crippen molar-refractivity contribution in [3.63, 3.8) is 0 Å².